The fourth-order valence-electron chi connectivity index (χ4n) is 3.47. The summed E-state index contributed by atoms with van der Waals surface area (Å²) < 4.78 is 22.0. The van der Waals surface area contributed by atoms with Crippen LogP contribution in [0.15, 0.2) is 59.6 Å². The zero-order chi connectivity index (χ0) is 23.4. The third-order valence-corrected chi connectivity index (χ3v) is 6.62. The number of ether oxygens (including phenoxy) is 1. The van der Waals surface area contributed by atoms with Crippen molar-refractivity contribution in [2.24, 2.45) is 0 Å². The van der Waals surface area contributed by atoms with Gasteiger partial charge in [0.1, 0.15) is 15.8 Å². The second kappa shape index (κ2) is 10.4. The van der Waals surface area contributed by atoms with E-state index >= 15 is 0 Å². The van der Waals surface area contributed by atoms with Crippen LogP contribution in [0.3, 0.4) is 0 Å². The van der Waals surface area contributed by atoms with Crippen LogP contribution in [-0.4, -0.2) is 44.7 Å². The Morgan fingerprint density at radius 3 is 2.73 bits per heavy atom. The SMILES string of the molecule is CCOCCCN1C(=O)/C(=C/c2cn(-c3ccccc3)nc2-c2ccc(C)c(F)c2)SC1=S. The minimum atomic E-state index is -0.298. The number of halogens is 1. The smallest absolute Gasteiger partial charge is 0.266 e. The number of aryl methyl sites for hydroxylation is 1. The molecule has 8 heteroatoms. The van der Waals surface area contributed by atoms with Crippen LogP contribution in [0.5, 0.6) is 0 Å². The van der Waals surface area contributed by atoms with Crippen LogP contribution >= 0.6 is 24.0 Å². The number of benzene rings is 2. The van der Waals surface area contributed by atoms with E-state index in [1.807, 2.05) is 49.5 Å². The van der Waals surface area contributed by atoms with Gasteiger partial charge in [-0.2, -0.15) is 5.10 Å². The third-order valence-electron chi connectivity index (χ3n) is 5.24. The predicted octanol–water partition coefficient (Wildman–Crippen LogP) is 5.61. The van der Waals surface area contributed by atoms with Gasteiger partial charge < -0.3 is 4.74 Å². The van der Waals surface area contributed by atoms with Crippen LogP contribution in [0.4, 0.5) is 4.39 Å². The maximum atomic E-state index is 14.3. The predicted molar refractivity (Wildman–Crippen MR) is 135 cm³/mol. The average Bonchev–Trinajstić information content (AvgIpc) is 3.35. The van der Waals surface area contributed by atoms with Crippen molar-refractivity contribution in [2.45, 2.75) is 20.3 Å². The van der Waals surface area contributed by atoms with Crippen molar-refractivity contribution in [3.63, 3.8) is 0 Å². The molecule has 1 fully saturated rings. The Bertz CT molecular complexity index is 1210. The molecule has 0 atom stereocenters. The molecule has 4 rings (SSSR count). The van der Waals surface area contributed by atoms with Gasteiger partial charge in [-0.3, -0.25) is 9.69 Å². The Morgan fingerprint density at radius 1 is 1.21 bits per heavy atom. The number of rotatable bonds is 8. The van der Waals surface area contributed by atoms with E-state index in [1.165, 1.54) is 17.8 Å². The van der Waals surface area contributed by atoms with E-state index in [0.29, 0.717) is 52.2 Å². The molecule has 0 radical (unpaired) electrons. The van der Waals surface area contributed by atoms with Crippen molar-refractivity contribution in [2.75, 3.05) is 19.8 Å². The van der Waals surface area contributed by atoms with Gasteiger partial charge >= 0.3 is 0 Å². The van der Waals surface area contributed by atoms with E-state index in [9.17, 15) is 9.18 Å². The van der Waals surface area contributed by atoms with E-state index in [4.69, 9.17) is 22.1 Å². The molecule has 33 heavy (non-hydrogen) atoms. The molecule has 2 aromatic carbocycles. The summed E-state index contributed by atoms with van der Waals surface area (Å²) in [5.41, 5.74) is 3.40. The van der Waals surface area contributed by atoms with E-state index < -0.39 is 0 Å². The van der Waals surface area contributed by atoms with Crippen LogP contribution in [-0.2, 0) is 9.53 Å². The van der Waals surface area contributed by atoms with Crippen LogP contribution in [0.25, 0.3) is 23.0 Å². The van der Waals surface area contributed by atoms with E-state index in [-0.39, 0.29) is 11.7 Å². The molecular formula is C25H24FN3O2S2. The minimum absolute atomic E-state index is 0.130. The van der Waals surface area contributed by atoms with Gasteiger partial charge in [0.05, 0.1) is 10.6 Å². The van der Waals surface area contributed by atoms with Crippen molar-refractivity contribution in [1.29, 1.82) is 0 Å². The van der Waals surface area contributed by atoms with Crippen LogP contribution < -0.4 is 0 Å². The fourth-order valence-corrected chi connectivity index (χ4v) is 4.77. The van der Waals surface area contributed by atoms with Crippen LogP contribution in [0.2, 0.25) is 0 Å². The Hall–Kier alpha value is -2.81. The Labute approximate surface area is 202 Å². The average molecular weight is 482 g/mol. The first-order valence-corrected chi connectivity index (χ1v) is 11.9. The minimum Gasteiger partial charge on any atom is -0.382 e. The fraction of sp³-hybridized carbons (Fsp3) is 0.240. The molecule has 2 heterocycles. The van der Waals surface area contributed by atoms with Gasteiger partial charge in [-0.25, -0.2) is 9.07 Å². The number of nitrogens with zero attached hydrogens (tertiary/aromatic N) is 3. The standard InChI is InChI=1S/C25H24FN3O2S2/c1-3-31-13-7-12-28-24(30)22(33-25(28)32)15-19-16-29(20-8-5-4-6-9-20)27-23(19)18-11-10-17(2)21(26)14-18/h4-6,8-11,14-16H,3,7,12-13H2,1-2H3/b22-15-. The number of carbonyl (C=O) groups is 1. The molecular weight excluding hydrogens is 457 g/mol. The molecule has 0 saturated carbocycles. The molecule has 1 aliphatic heterocycles. The molecule has 0 aliphatic carbocycles. The van der Waals surface area contributed by atoms with Gasteiger partial charge in [0.2, 0.25) is 0 Å². The highest BCUT2D eigenvalue weighted by atomic mass is 32.2. The molecule has 1 aliphatic rings. The molecule has 0 N–H and O–H groups in total. The Kier molecular flexibility index (Phi) is 7.37. The van der Waals surface area contributed by atoms with Gasteiger partial charge in [-0.1, -0.05) is 54.3 Å². The first-order chi connectivity index (χ1) is 16.0. The third kappa shape index (κ3) is 5.24. The van der Waals surface area contributed by atoms with E-state index in [0.717, 1.165) is 11.3 Å². The summed E-state index contributed by atoms with van der Waals surface area (Å²) in [5, 5.41) is 4.72. The van der Waals surface area contributed by atoms with Crippen LogP contribution in [0.1, 0.15) is 24.5 Å². The number of amides is 1. The number of thioether (sulfide) groups is 1. The highest BCUT2D eigenvalue weighted by Gasteiger charge is 2.32. The second-order valence-corrected chi connectivity index (χ2v) is 9.24. The molecule has 170 valence electrons. The Morgan fingerprint density at radius 2 is 2.00 bits per heavy atom. The maximum Gasteiger partial charge on any atom is 0.266 e. The quantitative estimate of drug-likeness (QED) is 0.238. The highest BCUT2D eigenvalue weighted by molar-refractivity contribution is 8.26. The van der Waals surface area contributed by atoms with Crippen molar-refractivity contribution in [3.05, 3.63) is 76.6 Å². The zero-order valence-corrected chi connectivity index (χ0v) is 20.1. The summed E-state index contributed by atoms with van der Waals surface area (Å²) in [4.78, 5) is 15.2. The lowest BCUT2D eigenvalue weighted by atomic mass is 10.1. The molecule has 1 aromatic heterocycles. The monoisotopic (exact) mass is 481 g/mol. The maximum absolute atomic E-state index is 14.3. The van der Waals surface area contributed by atoms with E-state index in [2.05, 4.69) is 0 Å². The van der Waals surface area contributed by atoms with Gasteiger partial charge in [0.15, 0.2) is 0 Å². The normalized spacial score (nSPS) is 15.1. The zero-order valence-electron chi connectivity index (χ0n) is 18.5. The van der Waals surface area contributed by atoms with Crippen molar-refractivity contribution >= 4 is 40.3 Å². The first-order valence-electron chi connectivity index (χ1n) is 10.7. The first kappa shape index (κ1) is 23.4. The van der Waals surface area contributed by atoms with Crippen molar-refractivity contribution in [3.8, 4) is 16.9 Å². The van der Waals surface area contributed by atoms with Gasteiger partial charge in [-0.15, -0.1) is 0 Å². The van der Waals surface area contributed by atoms with Gasteiger partial charge in [0.25, 0.3) is 5.91 Å². The molecule has 0 bridgehead atoms. The topological polar surface area (TPSA) is 47.4 Å². The van der Waals surface area contributed by atoms with Gasteiger partial charge in [0, 0.05) is 37.1 Å². The molecule has 1 amide bonds. The summed E-state index contributed by atoms with van der Waals surface area (Å²) in [6.07, 6.45) is 4.36. The lowest BCUT2D eigenvalue weighted by molar-refractivity contribution is -0.122. The number of para-hydroxylation sites is 1. The summed E-state index contributed by atoms with van der Waals surface area (Å²) >= 11 is 6.72. The number of carbonyl (C=O) groups excluding carboxylic acids is 1. The summed E-state index contributed by atoms with van der Waals surface area (Å²) in [5.74, 6) is -0.427. The summed E-state index contributed by atoms with van der Waals surface area (Å²) in [6.45, 7) is 5.40. The lowest BCUT2D eigenvalue weighted by Gasteiger charge is -2.13. The number of thiocarbonyl (C=S) groups is 1. The van der Waals surface area contributed by atoms with E-state index in [1.54, 1.807) is 28.6 Å². The number of hydrogen-bond acceptors (Lipinski definition) is 5. The molecule has 1 saturated heterocycles. The lowest BCUT2D eigenvalue weighted by Crippen LogP contribution is -2.29. The van der Waals surface area contributed by atoms with Gasteiger partial charge in [-0.05, 0) is 50.1 Å². The summed E-state index contributed by atoms with van der Waals surface area (Å²) in [7, 11) is 0. The largest absolute Gasteiger partial charge is 0.382 e. The molecule has 0 unspecified atom stereocenters. The van der Waals surface area contributed by atoms with Crippen molar-refractivity contribution < 1.29 is 13.9 Å². The highest BCUT2D eigenvalue weighted by Crippen LogP contribution is 2.35. The molecule has 0 spiro atoms. The Balaban J connectivity index is 1.69. The van der Waals surface area contributed by atoms with Crippen LogP contribution in [0, 0.1) is 12.7 Å². The number of aromatic nitrogens is 2. The number of hydrogen-bond donors (Lipinski definition) is 0. The summed E-state index contributed by atoms with van der Waals surface area (Å²) in [6, 6.07) is 14.7. The molecule has 5 nitrogen and oxygen atoms in total. The second-order valence-electron chi connectivity index (χ2n) is 7.56. The van der Waals surface area contributed by atoms with Crippen molar-refractivity contribution in [1.82, 2.24) is 14.7 Å². The molecule has 3 aromatic rings.